The molecule has 0 bridgehead atoms. The van der Waals surface area contributed by atoms with Gasteiger partial charge in [-0.1, -0.05) is 18.6 Å². The van der Waals surface area contributed by atoms with Crippen LogP contribution >= 0.6 is 0 Å². The molecule has 100 valence electrons. The predicted molar refractivity (Wildman–Crippen MR) is 72.0 cm³/mol. The van der Waals surface area contributed by atoms with Crippen LogP contribution < -0.4 is 16.0 Å². The van der Waals surface area contributed by atoms with Gasteiger partial charge < -0.3 is 15.7 Å². The molecule has 0 aromatic rings. The van der Waals surface area contributed by atoms with E-state index in [1.54, 1.807) is 0 Å². The second-order valence-electron chi connectivity index (χ2n) is 4.56. The highest BCUT2D eigenvalue weighted by Gasteiger charge is 2.06. The quantitative estimate of drug-likeness (QED) is 0.271. The van der Waals surface area contributed by atoms with Gasteiger partial charge in [-0.05, 0) is 32.2 Å². The Morgan fingerprint density at radius 2 is 2.12 bits per heavy atom. The van der Waals surface area contributed by atoms with Crippen molar-refractivity contribution in [3.05, 3.63) is 11.6 Å². The number of allylic oxidation sites excluding steroid dienone is 1. The predicted octanol–water partition coefficient (Wildman–Crippen LogP) is 0.594. The molecule has 0 saturated carbocycles. The molecule has 4 nitrogen and oxygen atoms in total. The third kappa shape index (κ3) is 7.49. The Hall–Kier alpha value is -0.420. The molecule has 1 rings (SSSR count). The molecular formula is C13H27N3O. The van der Waals surface area contributed by atoms with Crippen molar-refractivity contribution in [3.63, 3.8) is 0 Å². The summed E-state index contributed by atoms with van der Waals surface area (Å²) in [5.41, 5.74) is 1.45. The lowest BCUT2D eigenvalue weighted by Gasteiger charge is -2.17. The Bertz CT molecular complexity index is 219. The molecule has 0 spiro atoms. The molecule has 1 aliphatic rings. The van der Waals surface area contributed by atoms with Gasteiger partial charge in [0.25, 0.3) is 0 Å². The molecule has 1 aliphatic carbocycles. The lowest BCUT2D eigenvalue weighted by atomic mass is 10.00. The highest BCUT2D eigenvalue weighted by Crippen LogP contribution is 2.16. The molecular weight excluding hydrogens is 214 g/mol. The largest absolute Gasteiger partial charge is 0.377 e. The Morgan fingerprint density at radius 1 is 1.29 bits per heavy atom. The number of hydrogen-bond acceptors (Lipinski definition) is 4. The van der Waals surface area contributed by atoms with E-state index in [-0.39, 0.29) is 0 Å². The molecule has 0 aliphatic heterocycles. The van der Waals surface area contributed by atoms with Gasteiger partial charge in [-0.3, -0.25) is 5.32 Å². The first-order chi connectivity index (χ1) is 8.33. The summed E-state index contributed by atoms with van der Waals surface area (Å²) < 4.78 is 0. The van der Waals surface area contributed by atoms with Crippen molar-refractivity contribution in [2.45, 2.75) is 38.8 Å². The van der Waals surface area contributed by atoms with Crippen LogP contribution in [0.4, 0.5) is 0 Å². The zero-order chi connectivity index (χ0) is 12.3. The molecule has 0 aromatic heterocycles. The van der Waals surface area contributed by atoms with E-state index in [2.05, 4.69) is 29.0 Å². The van der Waals surface area contributed by atoms with Crippen molar-refractivity contribution >= 4 is 0 Å². The smallest absolute Gasteiger partial charge is 0.117 e. The van der Waals surface area contributed by atoms with Crippen molar-refractivity contribution in [2.24, 2.45) is 0 Å². The summed E-state index contributed by atoms with van der Waals surface area (Å²) >= 11 is 0. The maximum absolute atomic E-state index is 9.72. The fraction of sp³-hybridized carbons (Fsp3) is 0.846. The standard InChI is InChI=1S/C13H27N3O/c1-2-14-8-9-15-11-13(17)16-10-12-6-4-3-5-7-12/h6,13-17H,2-5,7-11H2,1H3. The lowest BCUT2D eigenvalue weighted by molar-refractivity contribution is 0.138. The second kappa shape index (κ2) is 9.59. The van der Waals surface area contributed by atoms with Crippen LogP contribution in [0.5, 0.6) is 0 Å². The van der Waals surface area contributed by atoms with E-state index in [9.17, 15) is 5.11 Å². The number of likely N-dealkylation sites (N-methyl/N-ethyl adjacent to an activating group) is 1. The molecule has 1 atom stereocenters. The van der Waals surface area contributed by atoms with Crippen LogP contribution in [-0.2, 0) is 0 Å². The summed E-state index contributed by atoms with van der Waals surface area (Å²) in [6.07, 6.45) is 6.87. The van der Waals surface area contributed by atoms with Crippen LogP contribution in [0.25, 0.3) is 0 Å². The lowest BCUT2D eigenvalue weighted by Crippen LogP contribution is -2.41. The summed E-state index contributed by atoms with van der Waals surface area (Å²) in [4.78, 5) is 0. The van der Waals surface area contributed by atoms with Crippen molar-refractivity contribution in [2.75, 3.05) is 32.7 Å². The molecule has 0 fully saturated rings. The first-order valence-electron chi connectivity index (χ1n) is 6.83. The van der Waals surface area contributed by atoms with Gasteiger partial charge >= 0.3 is 0 Å². The van der Waals surface area contributed by atoms with E-state index in [1.165, 1.54) is 31.3 Å². The summed E-state index contributed by atoms with van der Waals surface area (Å²) in [5.74, 6) is 0. The van der Waals surface area contributed by atoms with Gasteiger partial charge in [-0.25, -0.2) is 0 Å². The Kier molecular flexibility index (Phi) is 8.26. The van der Waals surface area contributed by atoms with Gasteiger partial charge in [0.2, 0.25) is 0 Å². The van der Waals surface area contributed by atoms with Crippen molar-refractivity contribution < 1.29 is 5.11 Å². The van der Waals surface area contributed by atoms with Gasteiger partial charge in [-0.15, -0.1) is 0 Å². The molecule has 4 heteroatoms. The van der Waals surface area contributed by atoms with Crippen LogP contribution in [0.2, 0.25) is 0 Å². The average Bonchev–Trinajstić information content (AvgIpc) is 2.37. The first-order valence-corrected chi connectivity index (χ1v) is 6.83. The third-order valence-corrected chi connectivity index (χ3v) is 3.02. The zero-order valence-corrected chi connectivity index (χ0v) is 11.0. The van der Waals surface area contributed by atoms with E-state index in [1.807, 2.05) is 0 Å². The molecule has 0 aromatic carbocycles. The molecule has 0 saturated heterocycles. The number of nitrogens with one attached hydrogen (secondary N) is 3. The minimum absolute atomic E-state index is 0.445. The van der Waals surface area contributed by atoms with Crippen LogP contribution in [0.1, 0.15) is 32.6 Å². The maximum atomic E-state index is 9.72. The number of rotatable bonds is 9. The van der Waals surface area contributed by atoms with Crippen LogP contribution in [0.3, 0.4) is 0 Å². The number of aliphatic hydroxyl groups excluding tert-OH is 1. The van der Waals surface area contributed by atoms with E-state index in [4.69, 9.17) is 0 Å². The van der Waals surface area contributed by atoms with Crippen LogP contribution in [-0.4, -0.2) is 44.1 Å². The van der Waals surface area contributed by atoms with Gasteiger partial charge in [0, 0.05) is 26.2 Å². The minimum atomic E-state index is -0.445. The summed E-state index contributed by atoms with van der Waals surface area (Å²) in [6.45, 7) is 6.38. The molecule has 4 N–H and O–H groups in total. The first kappa shape index (κ1) is 14.6. The SMILES string of the molecule is CCNCCNCC(O)NCC1=CCCCC1. The van der Waals surface area contributed by atoms with E-state index < -0.39 is 6.23 Å². The van der Waals surface area contributed by atoms with Crippen molar-refractivity contribution in [3.8, 4) is 0 Å². The normalized spacial score (nSPS) is 17.9. The Balaban J connectivity index is 1.97. The monoisotopic (exact) mass is 241 g/mol. The summed E-state index contributed by atoms with van der Waals surface area (Å²) in [7, 11) is 0. The topological polar surface area (TPSA) is 56.3 Å². The minimum Gasteiger partial charge on any atom is -0.377 e. The second-order valence-corrected chi connectivity index (χ2v) is 4.56. The number of aliphatic hydroxyl groups is 1. The summed E-state index contributed by atoms with van der Waals surface area (Å²) in [5, 5.41) is 19.3. The fourth-order valence-corrected chi connectivity index (χ4v) is 1.98. The van der Waals surface area contributed by atoms with Gasteiger partial charge in [0.1, 0.15) is 6.23 Å². The summed E-state index contributed by atoms with van der Waals surface area (Å²) in [6, 6.07) is 0. The molecule has 17 heavy (non-hydrogen) atoms. The molecule has 0 heterocycles. The zero-order valence-electron chi connectivity index (χ0n) is 11.0. The van der Waals surface area contributed by atoms with Crippen LogP contribution in [0.15, 0.2) is 11.6 Å². The highest BCUT2D eigenvalue weighted by molar-refractivity contribution is 5.06. The van der Waals surface area contributed by atoms with E-state index in [0.29, 0.717) is 6.54 Å². The third-order valence-electron chi connectivity index (χ3n) is 3.02. The molecule has 0 amide bonds. The fourth-order valence-electron chi connectivity index (χ4n) is 1.98. The van der Waals surface area contributed by atoms with E-state index in [0.717, 1.165) is 26.2 Å². The van der Waals surface area contributed by atoms with Gasteiger partial charge in [-0.2, -0.15) is 0 Å². The van der Waals surface area contributed by atoms with Crippen LogP contribution in [0, 0.1) is 0 Å². The van der Waals surface area contributed by atoms with Gasteiger partial charge in [0.05, 0.1) is 0 Å². The molecule has 1 unspecified atom stereocenters. The number of hydrogen-bond donors (Lipinski definition) is 4. The average molecular weight is 241 g/mol. The Labute approximate surface area is 105 Å². The molecule has 0 radical (unpaired) electrons. The van der Waals surface area contributed by atoms with Crippen molar-refractivity contribution in [1.82, 2.24) is 16.0 Å². The highest BCUT2D eigenvalue weighted by atomic mass is 16.3. The maximum Gasteiger partial charge on any atom is 0.117 e. The van der Waals surface area contributed by atoms with Gasteiger partial charge in [0.15, 0.2) is 0 Å². The Morgan fingerprint density at radius 3 is 2.82 bits per heavy atom. The van der Waals surface area contributed by atoms with E-state index >= 15 is 0 Å². The van der Waals surface area contributed by atoms with Crippen molar-refractivity contribution in [1.29, 1.82) is 0 Å².